The number of halogens is 6. The Morgan fingerprint density at radius 1 is 0.938 bits per heavy atom. The minimum Gasteiger partial charge on any atom is -0.498 e. The lowest BCUT2D eigenvalue weighted by Crippen LogP contribution is -2.44. The van der Waals surface area contributed by atoms with Crippen LogP contribution in [0.4, 0.5) is 26.3 Å². The molecule has 1 unspecified atom stereocenters. The normalized spacial score (nSPS) is 21.7. The molecule has 1 atom stereocenters. The van der Waals surface area contributed by atoms with Crippen molar-refractivity contribution in [3.63, 3.8) is 0 Å². The molecule has 1 heterocycles. The van der Waals surface area contributed by atoms with Gasteiger partial charge in [-0.2, -0.15) is 26.3 Å². The molecule has 1 fully saturated rings. The number of carbonyl (C=O) groups is 1. The van der Waals surface area contributed by atoms with E-state index in [0.717, 1.165) is 31.0 Å². The number of alkyl halides is 6. The third-order valence-electron chi connectivity index (χ3n) is 6.04. The lowest BCUT2D eigenvalue weighted by atomic mass is 9.89. The predicted molar refractivity (Wildman–Crippen MR) is 105 cm³/mol. The number of amides is 1. The average Bonchev–Trinajstić information content (AvgIpc) is 3.52. The summed E-state index contributed by atoms with van der Waals surface area (Å²) in [6, 6.07) is 7.28. The van der Waals surface area contributed by atoms with Gasteiger partial charge >= 0.3 is 12.4 Å². The molecule has 2 aromatic carbocycles. The van der Waals surface area contributed by atoms with E-state index in [9.17, 15) is 31.1 Å². The summed E-state index contributed by atoms with van der Waals surface area (Å²) in [5.41, 5.74) is -2.83. The van der Waals surface area contributed by atoms with Crippen molar-refractivity contribution in [3.8, 4) is 11.1 Å². The third kappa shape index (κ3) is 3.73. The smallest absolute Gasteiger partial charge is 0.417 e. The highest BCUT2D eigenvalue weighted by atomic mass is 19.4. The van der Waals surface area contributed by atoms with Gasteiger partial charge in [0, 0.05) is 5.56 Å². The molecule has 2 aromatic rings. The molecule has 3 nitrogen and oxygen atoms in total. The summed E-state index contributed by atoms with van der Waals surface area (Å²) in [5, 5.41) is 2.77. The molecule has 4 rings (SSSR count). The van der Waals surface area contributed by atoms with Gasteiger partial charge in [-0.3, -0.25) is 4.79 Å². The first kappa shape index (κ1) is 22.2. The first-order chi connectivity index (χ1) is 14.9. The lowest BCUT2D eigenvalue weighted by molar-refractivity contribution is -0.138. The molecule has 1 amide bonds. The zero-order chi connectivity index (χ0) is 23.5. The Labute approximate surface area is 180 Å². The van der Waals surface area contributed by atoms with Crippen LogP contribution in [-0.4, -0.2) is 18.6 Å². The van der Waals surface area contributed by atoms with Gasteiger partial charge in [-0.05, 0) is 61.1 Å². The Morgan fingerprint density at radius 3 is 2.03 bits per heavy atom. The van der Waals surface area contributed by atoms with E-state index in [2.05, 4.69) is 5.32 Å². The Kier molecular flexibility index (Phi) is 5.06. The summed E-state index contributed by atoms with van der Waals surface area (Å²) in [5.74, 6) is -0.474. The molecule has 2 aliphatic rings. The van der Waals surface area contributed by atoms with E-state index >= 15 is 0 Å². The van der Waals surface area contributed by atoms with Crippen LogP contribution in [0.3, 0.4) is 0 Å². The van der Waals surface area contributed by atoms with Crippen LogP contribution in [0.25, 0.3) is 16.7 Å². The van der Waals surface area contributed by atoms with Crippen LogP contribution >= 0.6 is 0 Å². The van der Waals surface area contributed by atoms with Gasteiger partial charge in [0.15, 0.2) is 0 Å². The van der Waals surface area contributed by atoms with Crippen LogP contribution in [0.15, 0.2) is 48.2 Å². The van der Waals surface area contributed by atoms with E-state index in [1.807, 2.05) is 0 Å². The fraction of sp³-hybridized carbons (Fsp3) is 0.348. The highest BCUT2D eigenvalue weighted by Crippen LogP contribution is 2.50. The summed E-state index contributed by atoms with van der Waals surface area (Å²) in [7, 11) is 1.31. The largest absolute Gasteiger partial charge is 0.498 e. The maximum absolute atomic E-state index is 13.8. The van der Waals surface area contributed by atoms with Gasteiger partial charge in [-0.25, -0.2) is 0 Å². The maximum Gasteiger partial charge on any atom is 0.417 e. The quantitative estimate of drug-likeness (QED) is 0.571. The van der Waals surface area contributed by atoms with Crippen molar-refractivity contribution in [2.45, 2.75) is 37.7 Å². The van der Waals surface area contributed by atoms with E-state index < -0.39 is 34.9 Å². The van der Waals surface area contributed by atoms with Gasteiger partial charge in [0.05, 0.1) is 29.3 Å². The number of benzene rings is 2. The second kappa shape index (κ2) is 7.28. The van der Waals surface area contributed by atoms with Crippen LogP contribution in [0.5, 0.6) is 0 Å². The summed E-state index contributed by atoms with van der Waals surface area (Å²) in [6.07, 6.45) is -7.65. The van der Waals surface area contributed by atoms with Gasteiger partial charge in [0.25, 0.3) is 5.91 Å². The van der Waals surface area contributed by atoms with Crippen molar-refractivity contribution in [1.82, 2.24) is 5.32 Å². The minimum absolute atomic E-state index is 0.0614. The van der Waals surface area contributed by atoms with E-state index in [1.54, 1.807) is 6.92 Å². The fourth-order valence-electron chi connectivity index (χ4n) is 4.25. The van der Waals surface area contributed by atoms with E-state index in [4.69, 9.17) is 4.74 Å². The highest BCUT2D eigenvalue weighted by Gasteiger charge is 2.53. The maximum atomic E-state index is 13.8. The molecule has 0 bridgehead atoms. The topological polar surface area (TPSA) is 38.3 Å². The molecular weight excluding hydrogens is 436 g/mol. The van der Waals surface area contributed by atoms with E-state index in [0.29, 0.717) is 0 Å². The molecule has 0 spiro atoms. The molecule has 0 aromatic heterocycles. The summed E-state index contributed by atoms with van der Waals surface area (Å²) >= 11 is 0. The Balaban J connectivity index is 1.88. The monoisotopic (exact) mass is 455 g/mol. The standard InChI is InChI=1S/C23H19F6NO2/c1-21(14-8-9-14)19(32-2)18(20(31)30-21)16-11-13(5-10-17(16)23(27,28)29)12-3-6-15(7-4-12)22(24,25)26/h3-7,10-11,14H,8-9H2,1-2H3,(H,30,31). The molecule has 1 aliphatic heterocycles. The van der Waals surface area contributed by atoms with Gasteiger partial charge in [-0.1, -0.05) is 18.2 Å². The first-order valence-corrected chi connectivity index (χ1v) is 9.86. The van der Waals surface area contributed by atoms with Gasteiger partial charge < -0.3 is 10.1 Å². The minimum atomic E-state index is -4.75. The Morgan fingerprint density at radius 2 is 1.53 bits per heavy atom. The Bertz CT molecular complexity index is 1100. The van der Waals surface area contributed by atoms with Crippen molar-refractivity contribution in [2.75, 3.05) is 7.11 Å². The second-order valence-corrected chi connectivity index (χ2v) is 8.17. The molecule has 0 radical (unpaired) electrons. The molecule has 1 N–H and O–H groups in total. The number of ether oxygens (including phenoxy) is 1. The predicted octanol–water partition coefficient (Wildman–Crippen LogP) is 6.05. The average molecular weight is 455 g/mol. The van der Waals surface area contributed by atoms with E-state index in [-0.39, 0.29) is 33.9 Å². The number of nitrogens with one attached hydrogen (secondary N) is 1. The van der Waals surface area contributed by atoms with Crippen LogP contribution < -0.4 is 5.32 Å². The molecule has 9 heteroatoms. The molecule has 170 valence electrons. The van der Waals surface area contributed by atoms with Crippen LogP contribution in [0.1, 0.15) is 36.5 Å². The second-order valence-electron chi connectivity index (χ2n) is 8.17. The molecule has 1 aliphatic carbocycles. The number of methoxy groups -OCH3 is 1. The third-order valence-corrected chi connectivity index (χ3v) is 6.04. The molecule has 0 saturated heterocycles. The number of hydrogen-bond acceptors (Lipinski definition) is 2. The van der Waals surface area contributed by atoms with Gasteiger partial charge in [0.1, 0.15) is 5.76 Å². The zero-order valence-corrected chi connectivity index (χ0v) is 17.1. The molecule has 1 saturated carbocycles. The number of hydrogen-bond donors (Lipinski definition) is 1. The summed E-state index contributed by atoms with van der Waals surface area (Å²) in [6.45, 7) is 1.72. The fourth-order valence-corrected chi connectivity index (χ4v) is 4.25. The van der Waals surface area contributed by atoms with Crippen LogP contribution in [0, 0.1) is 5.92 Å². The summed E-state index contributed by atoms with van der Waals surface area (Å²) < 4.78 is 85.5. The SMILES string of the molecule is COC1=C(c2cc(-c3ccc(C(F)(F)F)cc3)ccc2C(F)(F)F)C(=O)NC1(C)C1CC1. The zero-order valence-electron chi connectivity index (χ0n) is 17.1. The number of carbonyl (C=O) groups excluding carboxylic acids is 1. The van der Waals surface area contributed by atoms with Crippen molar-refractivity contribution < 1.29 is 35.9 Å². The van der Waals surface area contributed by atoms with Crippen molar-refractivity contribution in [1.29, 1.82) is 0 Å². The molecular formula is C23H19F6NO2. The van der Waals surface area contributed by atoms with Gasteiger partial charge in [0.2, 0.25) is 0 Å². The first-order valence-electron chi connectivity index (χ1n) is 9.86. The Hall–Kier alpha value is -2.97. The molecule has 32 heavy (non-hydrogen) atoms. The number of rotatable bonds is 4. The van der Waals surface area contributed by atoms with Crippen LogP contribution in [-0.2, 0) is 21.9 Å². The highest BCUT2D eigenvalue weighted by molar-refractivity contribution is 6.24. The van der Waals surface area contributed by atoms with Gasteiger partial charge in [-0.15, -0.1) is 0 Å². The van der Waals surface area contributed by atoms with Crippen molar-refractivity contribution >= 4 is 11.5 Å². The summed E-state index contributed by atoms with van der Waals surface area (Å²) in [4.78, 5) is 12.8. The van der Waals surface area contributed by atoms with Crippen molar-refractivity contribution in [2.24, 2.45) is 5.92 Å². The van der Waals surface area contributed by atoms with Crippen molar-refractivity contribution in [3.05, 3.63) is 64.9 Å². The van der Waals surface area contributed by atoms with E-state index in [1.165, 1.54) is 31.4 Å². The van der Waals surface area contributed by atoms with Crippen LogP contribution in [0.2, 0.25) is 0 Å². The lowest BCUT2D eigenvalue weighted by Gasteiger charge is -2.26.